The fraction of sp³-hybridized carbons (Fsp3) is 0.562. The fourth-order valence-corrected chi connectivity index (χ4v) is 1.99. The van der Waals surface area contributed by atoms with Crippen molar-refractivity contribution in [3.05, 3.63) is 29.6 Å². The van der Waals surface area contributed by atoms with Crippen LogP contribution in [0.2, 0.25) is 0 Å². The summed E-state index contributed by atoms with van der Waals surface area (Å²) < 4.78 is 63.1. The van der Waals surface area contributed by atoms with Crippen molar-refractivity contribution in [2.24, 2.45) is 0 Å². The molecule has 0 fully saturated rings. The highest BCUT2D eigenvalue weighted by Gasteiger charge is 2.54. The van der Waals surface area contributed by atoms with E-state index in [-0.39, 0.29) is 6.42 Å². The third-order valence-electron chi connectivity index (χ3n) is 3.49. The van der Waals surface area contributed by atoms with E-state index in [0.29, 0.717) is 25.7 Å². The minimum absolute atomic E-state index is 0.126. The Morgan fingerprint density at radius 1 is 1.25 bits per heavy atom. The van der Waals surface area contributed by atoms with Gasteiger partial charge in [0.15, 0.2) is 0 Å². The Labute approximate surface area is 137 Å². The Morgan fingerprint density at radius 3 is 2.46 bits per heavy atom. The number of phenolic OH excluding ortho intramolecular Hbond substituents is 1. The van der Waals surface area contributed by atoms with Crippen molar-refractivity contribution >= 4 is 5.97 Å². The highest BCUT2D eigenvalue weighted by molar-refractivity contribution is 5.90. The van der Waals surface area contributed by atoms with Crippen LogP contribution in [0.1, 0.15) is 43.5 Å². The maximum Gasteiger partial charge on any atom is 0.428 e. The molecule has 0 aliphatic rings. The second-order valence-electron chi connectivity index (χ2n) is 5.44. The second-order valence-corrected chi connectivity index (χ2v) is 5.44. The van der Waals surface area contributed by atoms with Gasteiger partial charge in [-0.25, -0.2) is 9.18 Å². The molecule has 1 atom stereocenters. The van der Waals surface area contributed by atoms with Crippen molar-refractivity contribution < 1.29 is 36.9 Å². The zero-order valence-electron chi connectivity index (χ0n) is 13.5. The van der Waals surface area contributed by atoms with Gasteiger partial charge in [0.1, 0.15) is 11.6 Å². The van der Waals surface area contributed by atoms with Crippen LogP contribution in [0.5, 0.6) is 5.75 Å². The van der Waals surface area contributed by atoms with Crippen LogP contribution in [0.4, 0.5) is 17.6 Å². The molecule has 8 heteroatoms. The predicted octanol–water partition coefficient (Wildman–Crippen LogP) is 4.22. The molecule has 0 heterocycles. The smallest absolute Gasteiger partial charge is 0.428 e. The van der Waals surface area contributed by atoms with Gasteiger partial charge in [0.2, 0.25) is 5.60 Å². The molecular weight excluding hydrogens is 332 g/mol. The lowest BCUT2D eigenvalue weighted by Crippen LogP contribution is -2.46. The number of unbranched alkanes of at least 4 members (excludes halogenated alkanes) is 1. The van der Waals surface area contributed by atoms with Crippen LogP contribution in [0, 0.1) is 5.82 Å². The second kappa shape index (κ2) is 8.32. The van der Waals surface area contributed by atoms with Gasteiger partial charge in [-0.05, 0) is 45.2 Å². The number of benzene rings is 1. The molecule has 1 N–H and O–H groups in total. The summed E-state index contributed by atoms with van der Waals surface area (Å²) in [5.41, 5.74) is -3.40. The van der Waals surface area contributed by atoms with Crippen LogP contribution < -0.4 is 0 Å². The summed E-state index contributed by atoms with van der Waals surface area (Å²) in [5.74, 6) is -3.03. The monoisotopic (exact) mass is 352 g/mol. The van der Waals surface area contributed by atoms with E-state index >= 15 is 0 Å². The summed E-state index contributed by atoms with van der Waals surface area (Å²) in [4.78, 5) is 11.9. The van der Waals surface area contributed by atoms with E-state index in [1.807, 2.05) is 0 Å². The molecule has 0 amide bonds. The molecule has 0 saturated carbocycles. The number of halogens is 4. The summed E-state index contributed by atoms with van der Waals surface area (Å²) >= 11 is 0. The largest absolute Gasteiger partial charge is 0.508 e. The molecule has 1 aromatic rings. The zero-order chi connectivity index (χ0) is 18.4. The molecule has 0 bridgehead atoms. The van der Waals surface area contributed by atoms with Crippen LogP contribution >= 0.6 is 0 Å². The number of rotatable bonds is 8. The number of carbonyl (C=O) groups is 1. The summed E-state index contributed by atoms with van der Waals surface area (Å²) in [5, 5.41) is 9.08. The van der Waals surface area contributed by atoms with Crippen molar-refractivity contribution in [2.75, 3.05) is 13.2 Å². The molecule has 0 saturated heterocycles. The number of phenols is 1. The first kappa shape index (κ1) is 20.2. The van der Waals surface area contributed by atoms with Gasteiger partial charge in [-0.15, -0.1) is 0 Å². The molecule has 24 heavy (non-hydrogen) atoms. The third-order valence-corrected chi connectivity index (χ3v) is 3.49. The molecule has 136 valence electrons. The lowest BCUT2D eigenvalue weighted by atomic mass is 9.97. The van der Waals surface area contributed by atoms with Gasteiger partial charge < -0.3 is 14.6 Å². The van der Waals surface area contributed by atoms with Crippen molar-refractivity contribution in [1.82, 2.24) is 0 Å². The van der Waals surface area contributed by atoms with Crippen molar-refractivity contribution in [3.63, 3.8) is 0 Å². The van der Waals surface area contributed by atoms with Crippen LogP contribution in [-0.4, -0.2) is 36.1 Å². The Balaban J connectivity index is 2.83. The van der Waals surface area contributed by atoms with E-state index in [1.165, 1.54) is 0 Å². The van der Waals surface area contributed by atoms with Crippen molar-refractivity contribution in [3.8, 4) is 5.75 Å². The molecule has 1 unspecified atom stereocenters. The SMILES string of the molecule is CCOCCCCC(C)(OC(=O)c1ccc(O)cc1F)C(F)(F)F. The molecule has 4 nitrogen and oxygen atoms in total. The molecule has 0 aliphatic heterocycles. The van der Waals surface area contributed by atoms with Gasteiger partial charge in [0.05, 0.1) is 5.56 Å². The molecule has 0 spiro atoms. The van der Waals surface area contributed by atoms with Gasteiger partial charge in [-0.2, -0.15) is 13.2 Å². The molecule has 1 aromatic carbocycles. The van der Waals surface area contributed by atoms with E-state index in [9.17, 15) is 22.4 Å². The van der Waals surface area contributed by atoms with Crippen molar-refractivity contribution in [2.45, 2.75) is 44.9 Å². The quantitative estimate of drug-likeness (QED) is 0.432. The molecule has 0 radical (unpaired) electrons. The van der Waals surface area contributed by atoms with Gasteiger partial charge in [0, 0.05) is 19.3 Å². The maximum absolute atomic E-state index is 13.6. The number of aromatic hydroxyl groups is 1. The summed E-state index contributed by atoms with van der Waals surface area (Å²) in [6, 6.07) is 2.50. The summed E-state index contributed by atoms with van der Waals surface area (Å²) in [6.07, 6.45) is -4.76. The Bertz CT molecular complexity index is 559. The zero-order valence-corrected chi connectivity index (χ0v) is 13.5. The first-order valence-corrected chi connectivity index (χ1v) is 7.47. The van der Waals surface area contributed by atoms with Crippen LogP contribution in [-0.2, 0) is 9.47 Å². The Kier molecular flexibility index (Phi) is 7.01. The molecule has 1 rings (SSSR count). The number of hydrogen-bond acceptors (Lipinski definition) is 4. The summed E-state index contributed by atoms with van der Waals surface area (Å²) in [6.45, 7) is 3.30. The molecule has 0 aliphatic carbocycles. The average molecular weight is 352 g/mol. The maximum atomic E-state index is 13.6. The van der Waals surface area contributed by atoms with Gasteiger partial charge in [-0.3, -0.25) is 0 Å². The lowest BCUT2D eigenvalue weighted by Gasteiger charge is -2.31. The van der Waals surface area contributed by atoms with E-state index in [0.717, 1.165) is 19.1 Å². The third kappa shape index (κ3) is 5.36. The minimum Gasteiger partial charge on any atom is -0.508 e. The Morgan fingerprint density at radius 2 is 1.92 bits per heavy atom. The standard InChI is InChI=1S/C16H20F4O4/c1-3-23-9-5-4-8-15(2,16(18,19)20)24-14(22)12-7-6-11(21)10-13(12)17/h6-7,10,21H,3-5,8-9H2,1-2H3. The van der Waals surface area contributed by atoms with E-state index in [2.05, 4.69) is 4.74 Å². The average Bonchev–Trinajstić information content (AvgIpc) is 2.45. The van der Waals surface area contributed by atoms with E-state index in [1.54, 1.807) is 6.92 Å². The first-order chi connectivity index (χ1) is 11.1. The number of hydrogen-bond donors (Lipinski definition) is 1. The number of alkyl halides is 3. The number of esters is 1. The molecular formula is C16H20F4O4. The summed E-state index contributed by atoms with van der Waals surface area (Å²) in [7, 11) is 0. The normalized spacial score (nSPS) is 14.2. The van der Waals surface area contributed by atoms with Crippen LogP contribution in [0.3, 0.4) is 0 Å². The Hall–Kier alpha value is -1.83. The minimum atomic E-state index is -4.80. The lowest BCUT2D eigenvalue weighted by molar-refractivity contribution is -0.254. The topological polar surface area (TPSA) is 55.8 Å². The number of ether oxygens (including phenoxy) is 2. The van der Waals surface area contributed by atoms with E-state index in [4.69, 9.17) is 9.84 Å². The van der Waals surface area contributed by atoms with Crippen LogP contribution in [0.15, 0.2) is 18.2 Å². The number of carbonyl (C=O) groups excluding carboxylic acids is 1. The van der Waals surface area contributed by atoms with E-state index < -0.39 is 41.3 Å². The van der Waals surface area contributed by atoms with Crippen LogP contribution in [0.25, 0.3) is 0 Å². The van der Waals surface area contributed by atoms with Crippen molar-refractivity contribution in [1.29, 1.82) is 0 Å². The fourth-order valence-electron chi connectivity index (χ4n) is 1.99. The van der Waals surface area contributed by atoms with Gasteiger partial charge in [0.25, 0.3) is 0 Å². The molecule has 0 aromatic heterocycles. The predicted molar refractivity (Wildman–Crippen MR) is 78.3 cm³/mol. The highest BCUT2D eigenvalue weighted by Crippen LogP contribution is 2.38. The van der Waals surface area contributed by atoms with Gasteiger partial charge in [-0.1, -0.05) is 0 Å². The van der Waals surface area contributed by atoms with Gasteiger partial charge >= 0.3 is 12.1 Å². The first-order valence-electron chi connectivity index (χ1n) is 7.47. The highest BCUT2D eigenvalue weighted by atomic mass is 19.4.